The molecule has 114 valence electrons. The molecule has 0 bridgehead atoms. The number of benzene rings is 1. The van der Waals surface area contributed by atoms with Gasteiger partial charge in [-0.15, -0.1) is 11.8 Å². The normalized spacial score (nSPS) is 11.3. The van der Waals surface area contributed by atoms with E-state index in [0.717, 1.165) is 23.4 Å². The fraction of sp³-hybridized carbons (Fsp3) is 0.200. The Hall–Kier alpha value is -2.02. The van der Waals surface area contributed by atoms with Gasteiger partial charge in [0.1, 0.15) is 5.52 Å². The fourth-order valence-corrected chi connectivity index (χ4v) is 2.68. The molecule has 2 aromatic heterocycles. The van der Waals surface area contributed by atoms with Crippen LogP contribution in [0.25, 0.3) is 22.2 Å². The molecule has 0 spiro atoms. The van der Waals surface area contributed by atoms with Gasteiger partial charge in [-0.3, -0.25) is 9.67 Å². The average molecular weight is 323 g/mol. The number of fused-ring (bicyclic) bond motifs is 1. The number of aromatic nitrogens is 3. The second kappa shape index (κ2) is 6.00. The molecule has 2 heterocycles. The standard InChI is InChI=1S/C15H12F3N3S/c1-2-22-8-21-14-5-10(6-19-13(14)7-20-21)9-3-11(16)15(18)12(17)4-9/h3-7H,2,8H2,1H3. The Balaban J connectivity index is 2.07. The summed E-state index contributed by atoms with van der Waals surface area (Å²) in [7, 11) is 0. The van der Waals surface area contributed by atoms with Gasteiger partial charge < -0.3 is 0 Å². The average Bonchev–Trinajstić information content (AvgIpc) is 2.92. The van der Waals surface area contributed by atoms with Crippen molar-refractivity contribution in [2.24, 2.45) is 0 Å². The van der Waals surface area contributed by atoms with Crippen molar-refractivity contribution < 1.29 is 13.2 Å². The molecule has 0 aliphatic carbocycles. The third-order valence-electron chi connectivity index (χ3n) is 3.23. The summed E-state index contributed by atoms with van der Waals surface area (Å²) in [5, 5.41) is 4.24. The molecule has 3 nitrogen and oxygen atoms in total. The first-order valence-electron chi connectivity index (χ1n) is 6.64. The van der Waals surface area contributed by atoms with Crippen molar-refractivity contribution in [3.8, 4) is 11.1 Å². The number of halogens is 3. The van der Waals surface area contributed by atoms with Gasteiger partial charge in [-0.25, -0.2) is 13.2 Å². The van der Waals surface area contributed by atoms with Crippen molar-refractivity contribution in [2.75, 3.05) is 5.75 Å². The highest BCUT2D eigenvalue weighted by Gasteiger charge is 2.13. The molecule has 0 saturated heterocycles. The second-order valence-electron chi connectivity index (χ2n) is 4.65. The monoisotopic (exact) mass is 323 g/mol. The van der Waals surface area contributed by atoms with E-state index in [4.69, 9.17) is 0 Å². The number of hydrogen-bond acceptors (Lipinski definition) is 3. The van der Waals surface area contributed by atoms with Crippen molar-refractivity contribution in [3.63, 3.8) is 0 Å². The van der Waals surface area contributed by atoms with E-state index in [1.807, 2.05) is 6.92 Å². The van der Waals surface area contributed by atoms with Crippen molar-refractivity contribution in [3.05, 3.63) is 48.0 Å². The summed E-state index contributed by atoms with van der Waals surface area (Å²) in [4.78, 5) is 4.24. The van der Waals surface area contributed by atoms with Crippen LogP contribution in [0.2, 0.25) is 0 Å². The van der Waals surface area contributed by atoms with Gasteiger partial charge in [0.2, 0.25) is 0 Å². The van der Waals surface area contributed by atoms with Crippen LogP contribution in [0, 0.1) is 17.5 Å². The Bertz CT molecular complexity index is 809. The van der Waals surface area contributed by atoms with E-state index in [1.54, 1.807) is 28.7 Å². The predicted octanol–water partition coefficient (Wildman–Crippen LogP) is 4.23. The smallest absolute Gasteiger partial charge is 0.194 e. The molecule has 0 N–H and O–H groups in total. The molecule has 0 amide bonds. The highest BCUT2D eigenvalue weighted by atomic mass is 32.2. The van der Waals surface area contributed by atoms with Crippen LogP contribution in [0.3, 0.4) is 0 Å². The van der Waals surface area contributed by atoms with Crippen molar-refractivity contribution in [1.82, 2.24) is 14.8 Å². The van der Waals surface area contributed by atoms with Gasteiger partial charge in [-0.2, -0.15) is 5.10 Å². The maximum Gasteiger partial charge on any atom is 0.194 e. The molecule has 22 heavy (non-hydrogen) atoms. The number of pyridine rings is 1. The Kier molecular flexibility index (Phi) is 4.06. The zero-order valence-electron chi connectivity index (χ0n) is 11.7. The zero-order chi connectivity index (χ0) is 15.7. The minimum Gasteiger partial charge on any atom is -0.253 e. The van der Waals surface area contributed by atoms with E-state index in [2.05, 4.69) is 10.1 Å². The lowest BCUT2D eigenvalue weighted by Crippen LogP contribution is -1.97. The van der Waals surface area contributed by atoms with Crippen LogP contribution >= 0.6 is 11.8 Å². The maximum atomic E-state index is 13.4. The first kappa shape index (κ1) is 14.9. The minimum atomic E-state index is -1.47. The van der Waals surface area contributed by atoms with Crippen LogP contribution in [0.4, 0.5) is 13.2 Å². The Morgan fingerprint density at radius 2 is 1.77 bits per heavy atom. The van der Waals surface area contributed by atoms with Crippen molar-refractivity contribution in [2.45, 2.75) is 12.8 Å². The molecule has 0 atom stereocenters. The third kappa shape index (κ3) is 2.68. The van der Waals surface area contributed by atoms with E-state index < -0.39 is 17.5 Å². The van der Waals surface area contributed by atoms with Gasteiger partial charge >= 0.3 is 0 Å². The van der Waals surface area contributed by atoms with Gasteiger partial charge in [-0.05, 0) is 29.5 Å². The largest absolute Gasteiger partial charge is 0.253 e. The Morgan fingerprint density at radius 1 is 1.05 bits per heavy atom. The topological polar surface area (TPSA) is 30.7 Å². The molecule has 3 aromatic rings. The number of nitrogens with zero attached hydrogens (tertiary/aromatic N) is 3. The molecular weight excluding hydrogens is 311 g/mol. The van der Waals surface area contributed by atoms with Gasteiger partial charge in [-0.1, -0.05) is 6.92 Å². The van der Waals surface area contributed by atoms with E-state index in [-0.39, 0.29) is 5.56 Å². The summed E-state index contributed by atoms with van der Waals surface area (Å²) < 4.78 is 41.6. The van der Waals surface area contributed by atoms with Gasteiger partial charge in [0.05, 0.1) is 17.6 Å². The SMILES string of the molecule is CCSCn1ncc2ncc(-c3cc(F)c(F)c(F)c3)cc21. The molecule has 0 aliphatic heterocycles. The molecule has 0 fully saturated rings. The highest BCUT2D eigenvalue weighted by molar-refractivity contribution is 7.98. The lowest BCUT2D eigenvalue weighted by molar-refractivity contribution is 0.447. The van der Waals surface area contributed by atoms with Crippen LogP contribution in [0.5, 0.6) is 0 Å². The van der Waals surface area contributed by atoms with Gasteiger partial charge in [0, 0.05) is 11.8 Å². The molecular formula is C15H12F3N3S. The Labute approximate surface area is 129 Å². The van der Waals surface area contributed by atoms with E-state index in [9.17, 15) is 13.2 Å². The summed E-state index contributed by atoms with van der Waals surface area (Å²) in [6.45, 7) is 2.05. The molecule has 0 unspecified atom stereocenters. The lowest BCUT2D eigenvalue weighted by Gasteiger charge is -2.06. The molecule has 0 saturated carbocycles. The molecule has 1 aromatic carbocycles. The summed E-state index contributed by atoms with van der Waals surface area (Å²) >= 11 is 1.69. The number of hydrogen-bond donors (Lipinski definition) is 0. The van der Waals surface area contributed by atoms with Crippen LogP contribution in [0.15, 0.2) is 30.6 Å². The van der Waals surface area contributed by atoms with Crippen LogP contribution in [-0.4, -0.2) is 20.5 Å². The second-order valence-corrected chi connectivity index (χ2v) is 5.89. The fourth-order valence-electron chi connectivity index (χ4n) is 2.12. The van der Waals surface area contributed by atoms with E-state index in [0.29, 0.717) is 17.0 Å². The molecule has 0 radical (unpaired) electrons. The molecule has 7 heteroatoms. The molecule has 3 rings (SSSR count). The summed E-state index contributed by atoms with van der Waals surface area (Å²) in [6.07, 6.45) is 3.13. The van der Waals surface area contributed by atoms with Gasteiger partial charge in [0.15, 0.2) is 17.5 Å². The van der Waals surface area contributed by atoms with E-state index >= 15 is 0 Å². The molecule has 0 aliphatic rings. The van der Waals surface area contributed by atoms with Crippen LogP contribution < -0.4 is 0 Å². The first-order chi connectivity index (χ1) is 10.6. The third-order valence-corrected chi connectivity index (χ3v) is 4.07. The predicted molar refractivity (Wildman–Crippen MR) is 81.0 cm³/mol. The highest BCUT2D eigenvalue weighted by Crippen LogP contribution is 2.26. The van der Waals surface area contributed by atoms with Crippen molar-refractivity contribution in [1.29, 1.82) is 0 Å². The van der Waals surface area contributed by atoms with Gasteiger partial charge in [0.25, 0.3) is 0 Å². The lowest BCUT2D eigenvalue weighted by atomic mass is 10.1. The van der Waals surface area contributed by atoms with Crippen molar-refractivity contribution >= 4 is 22.8 Å². The summed E-state index contributed by atoms with van der Waals surface area (Å²) in [5.74, 6) is -2.29. The summed E-state index contributed by atoms with van der Waals surface area (Å²) in [6, 6.07) is 3.67. The maximum absolute atomic E-state index is 13.4. The zero-order valence-corrected chi connectivity index (χ0v) is 12.5. The van der Waals surface area contributed by atoms with Crippen LogP contribution in [0.1, 0.15) is 6.92 Å². The Morgan fingerprint density at radius 3 is 2.45 bits per heavy atom. The summed E-state index contributed by atoms with van der Waals surface area (Å²) in [5.41, 5.74) is 2.21. The van der Waals surface area contributed by atoms with Crippen LogP contribution in [-0.2, 0) is 5.88 Å². The van der Waals surface area contributed by atoms with E-state index in [1.165, 1.54) is 6.20 Å². The minimum absolute atomic E-state index is 0.238. The number of rotatable bonds is 4. The quantitative estimate of drug-likeness (QED) is 0.673. The first-order valence-corrected chi connectivity index (χ1v) is 7.80. The number of thioether (sulfide) groups is 1.